The van der Waals surface area contributed by atoms with Crippen LogP contribution in [0.25, 0.3) is 11.0 Å². The molecule has 0 saturated heterocycles. The number of hydrogen-bond acceptors (Lipinski definition) is 4. The van der Waals surface area contributed by atoms with Gasteiger partial charge in [-0.05, 0) is 30.7 Å². The molecule has 2 heterocycles. The molecular weight excluding hydrogens is 264 g/mol. The predicted molar refractivity (Wildman–Crippen MR) is 82.3 cm³/mol. The van der Waals surface area contributed by atoms with Crippen LogP contribution in [0.15, 0.2) is 53.2 Å². The van der Waals surface area contributed by atoms with E-state index in [4.69, 9.17) is 9.15 Å². The fraction of sp³-hybridized carbons (Fsp3) is 0.235. The summed E-state index contributed by atoms with van der Waals surface area (Å²) in [5.74, 6) is 1.66. The monoisotopic (exact) mass is 282 g/mol. The zero-order valence-corrected chi connectivity index (χ0v) is 12.2. The zero-order chi connectivity index (χ0) is 14.7. The molecule has 0 aliphatic heterocycles. The molecule has 4 heteroatoms. The lowest BCUT2D eigenvalue weighted by Crippen LogP contribution is -2.17. The summed E-state index contributed by atoms with van der Waals surface area (Å²) >= 11 is 0. The Morgan fingerprint density at radius 3 is 2.95 bits per heavy atom. The summed E-state index contributed by atoms with van der Waals surface area (Å²) in [6.07, 6.45) is 3.65. The number of nitrogens with one attached hydrogen (secondary N) is 1. The third-order valence-corrected chi connectivity index (χ3v) is 3.55. The number of rotatable bonds is 5. The maximum absolute atomic E-state index is 5.87. The Kier molecular flexibility index (Phi) is 3.88. The highest BCUT2D eigenvalue weighted by molar-refractivity contribution is 5.83. The van der Waals surface area contributed by atoms with Gasteiger partial charge in [-0.2, -0.15) is 0 Å². The van der Waals surface area contributed by atoms with E-state index in [9.17, 15) is 0 Å². The average molecular weight is 282 g/mol. The van der Waals surface area contributed by atoms with E-state index in [0.717, 1.165) is 28.0 Å². The molecular formula is C17H18N2O2. The highest BCUT2D eigenvalue weighted by Crippen LogP contribution is 2.28. The van der Waals surface area contributed by atoms with Crippen molar-refractivity contribution in [2.45, 2.75) is 19.5 Å². The SMILES string of the molecule is COc1cccc2cc(CN[C@H](C)c3cccnc3)oc12. The van der Waals surface area contributed by atoms with Crippen molar-refractivity contribution in [2.75, 3.05) is 7.11 Å². The van der Waals surface area contributed by atoms with Crippen LogP contribution in [0.4, 0.5) is 0 Å². The van der Waals surface area contributed by atoms with Crippen molar-refractivity contribution in [3.63, 3.8) is 0 Å². The number of aromatic nitrogens is 1. The molecule has 0 unspecified atom stereocenters. The van der Waals surface area contributed by atoms with Gasteiger partial charge in [0, 0.05) is 23.8 Å². The van der Waals surface area contributed by atoms with Crippen LogP contribution in [0.2, 0.25) is 0 Å². The Bertz CT molecular complexity index is 722. The Labute approximate surface area is 123 Å². The topological polar surface area (TPSA) is 47.3 Å². The Balaban J connectivity index is 1.74. The molecule has 2 aromatic heterocycles. The molecule has 1 aromatic carbocycles. The number of para-hydroxylation sites is 1. The lowest BCUT2D eigenvalue weighted by Gasteiger charge is -2.12. The van der Waals surface area contributed by atoms with Gasteiger partial charge in [0.25, 0.3) is 0 Å². The second-order valence-corrected chi connectivity index (χ2v) is 4.98. The molecule has 0 spiro atoms. The summed E-state index contributed by atoms with van der Waals surface area (Å²) in [6, 6.07) is 12.2. The van der Waals surface area contributed by atoms with E-state index in [1.165, 1.54) is 0 Å². The van der Waals surface area contributed by atoms with E-state index < -0.39 is 0 Å². The number of nitrogens with zero attached hydrogens (tertiary/aromatic N) is 1. The van der Waals surface area contributed by atoms with Crippen molar-refractivity contribution in [3.05, 3.63) is 60.1 Å². The number of benzene rings is 1. The van der Waals surface area contributed by atoms with Gasteiger partial charge >= 0.3 is 0 Å². The van der Waals surface area contributed by atoms with E-state index in [1.54, 1.807) is 13.3 Å². The summed E-state index contributed by atoms with van der Waals surface area (Å²) in [7, 11) is 1.65. The first kappa shape index (κ1) is 13.6. The first-order chi connectivity index (χ1) is 10.3. The second kappa shape index (κ2) is 5.97. The largest absolute Gasteiger partial charge is 0.493 e. The summed E-state index contributed by atoms with van der Waals surface area (Å²) in [4.78, 5) is 4.14. The molecule has 4 nitrogen and oxygen atoms in total. The van der Waals surface area contributed by atoms with Crippen LogP contribution in [-0.4, -0.2) is 12.1 Å². The van der Waals surface area contributed by atoms with Crippen LogP contribution in [0.5, 0.6) is 5.75 Å². The third-order valence-electron chi connectivity index (χ3n) is 3.55. The van der Waals surface area contributed by atoms with Gasteiger partial charge in [-0.3, -0.25) is 4.98 Å². The van der Waals surface area contributed by atoms with E-state index in [1.807, 2.05) is 36.5 Å². The molecule has 3 aromatic rings. The molecule has 1 atom stereocenters. The fourth-order valence-electron chi connectivity index (χ4n) is 2.34. The highest BCUT2D eigenvalue weighted by Gasteiger charge is 2.10. The normalized spacial score (nSPS) is 12.5. The highest BCUT2D eigenvalue weighted by atomic mass is 16.5. The van der Waals surface area contributed by atoms with Gasteiger partial charge in [0.2, 0.25) is 0 Å². The maximum atomic E-state index is 5.87. The van der Waals surface area contributed by atoms with Crippen LogP contribution >= 0.6 is 0 Å². The van der Waals surface area contributed by atoms with E-state index in [-0.39, 0.29) is 6.04 Å². The molecule has 0 saturated carbocycles. The van der Waals surface area contributed by atoms with Crippen LogP contribution in [0.1, 0.15) is 24.3 Å². The Morgan fingerprint density at radius 1 is 1.29 bits per heavy atom. The molecule has 21 heavy (non-hydrogen) atoms. The van der Waals surface area contributed by atoms with Crippen LogP contribution in [0, 0.1) is 0 Å². The lowest BCUT2D eigenvalue weighted by molar-refractivity contribution is 0.405. The van der Waals surface area contributed by atoms with E-state index in [0.29, 0.717) is 6.54 Å². The standard InChI is InChI=1S/C17H18N2O2/c1-12(14-6-4-8-18-10-14)19-11-15-9-13-5-3-7-16(20-2)17(13)21-15/h3-10,12,19H,11H2,1-2H3/t12-/m1/s1. The van der Waals surface area contributed by atoms with Crippen molar-refractivity contribution in [1.29, 1.82) is 0 Å². The number of furan rings is 1. The number of ether oxygens (including phenoxy) is 1. The molecule has 0 amide bonds. The molecule has 3 rings (SSSR count). The molecule has 0 aliphatic rings. The van der Waals surface area contributed by atoms with Gasteiger partial charge in [0.1, 0.15) is 5.76 Å². The van der Waals surface area contributed by atoms with E-state index >= 15 is 0 Å². The van der Waals surface area contributed by atoms with Crippen molar-refractivity contribution in [2.24, 2.45) is 0 Å². The molecule has 1 N–H and O–H groups in total. The number of methoxy groups -OCH3 is 1. The molecule has 0 fully saturated rings. The van der Waals surface area contributed by atoms with Gasteiger partial charge in [-0.15, -0.1) is 0 Å². The number of hydrogen-bond donors (Lipinski definition) is 1. The van der Waals surface area contributed by atoms with Crippen molar-refractivity contribution in [3.8, 4) is 5.75 Å². The van der Waals surface area contributed by atoms with E-state index in [2.05, 4.69) is 23.3 Å². The van der Waals surface area contributed by atoms with Gasteiger partial charge < -0.3 is 14.5 Å². The summed E-state index contributed by atoms with van der Waals surface area (Å²) in [6.45, 7) is 2.77. The molecule has 0 aliphatic carbocycles. The van der Waals surface area contributed by atoms with Crippen molar-refractivity contribution in [1.82, 2.24) is 10.3 Å². The fourth-order valence-corrected chi connectivity index (χ4v) is 2.34. The van der Waals surface area contributed by atoms with Crippen LogP contribution in [-0.2, 0) is 6.54 Å². The molecule has 0 radical (unpaired) electrons. The minimum Gasteiger partial charge on any atom is -0.493 e. The average Bonchev–Trinajstić information content (AvgIpc) is 2.96. The first-order valence-corrected chi connectivity index (χ1v) is 6.96. The summed E-state index contributed by atoms with van der Waals surface area (Å²) < 4.78 is 11.2. The summed E-state index contributed by atoms with van der Waals surface area (Å²) in [5.41, 5.74) is 1.96. The quantitative estimate of drug-likeness (QED) is 0.775. The minimum atomic E-state index is 0.216. The predicted octanol–water partition coefficient (Wildman–Crippen LogP) is 3.69. The lowest BCUT2D eigenvalue weighted by atomic mass is 10.1. The Hall–Kier alpha value is -2.33. The maximum Gasteiger partial charge on any atom is 0.176 e. The van der Waals surface area contributed by atoms with Gasteiger partial charge in [0.05, 0.1) is 13.7 Å². The number of pyridine rings is 1. The van der Waals surface area contributed by atoms with Crippen LogP contribution < -0.4 is 10.1 Å². The zero-order valence-electron chi connectivity index (χ0n) is 12.2. The molecule has 108 valence electrons. The Morgan fingerprint density at radius 2 is 2.19 bits per heavy atom. The second-order valence-electron chi connectivity index (χ2n) is 4.98. The van der Waals surface area contributed by atoms with Crippen molar-refractivity contribution >= 4 is 11.0 Å². The molecule has 0 bridgehead atoms. The van der Waals surface area contributed by atoms with Crippen LogP contribution in [0.3, 0.4) is 0 Å². The minimum absolute atomic E-state index is 0.216. The number of fused-ring (bicyclic) bond motifs is 1. The van der Waals surface area contributed by atoms with Gasteiger partial charge in [-0.1, -0.05) is 18.2 Å². The third kappa shape index (κ3) is 2.90. The van der Waals surface area contributed by atoms with Crippen molar-refractivity contribution < 1.29 is 9.15 Å². The smallest absolute Gasteiger partial charge is 0.176 e. The first-order valence-electron chi connectivity index (χ1n) is 6.96. The van der Waals surface area contributed by atoms with Gasteiger partial charge in [0.15, 0.2) is 11.3 Å². The van der Waals surface area contributed by atoms with Gasteiger partial charge in [-0.25, -0.2) is 0 Å². The summed E-state index contributed by atoms with van der Waals surface area (Å²) in [5, 5.41) is 4.49.